The Hall–Kier alpha value is -3.52. The first-order valence-electron chi connectivity index (χ1n) is 10.9. The number of hydrogen-bond donors (Lipinski definition) is 1. The van der Waals surface area contributed by atoms with E-state index in [1.54, 1.807) is 26.4 Å². The molecular weight excluding hydrogens is 452 g/mol. The lowest BCUT2D eigenvalue weighted by Crippen LogP contribution is -2.32. The molecule has 7 nitrogen and oxygen atoms in total. The van der Waals surface area contributed by atoms with Crippen LogP contribution in [0.15, 0.2) is 72.8 Å². The van der Waals surface area contributed by atoms with E-state index in [2.05, 4.69) is 5.32 Å². The number of para-hydroxylation sites is 1. The zero-order valence-electron chi connectivity index (χ0n) is 19.7. The van der Waals surface area contributed by atoms with E-state index in [1.807, 2.05) is 60.7 Å². The van der Waals surface area contributed by atoms with Gasteiger partial charge < -0.3 is 14.8 Å². The summed E-state index contributed by atoms with van der Waals surface area (Å²) in [5.41, 5.74) is 3.23. The van der Waals surface area contributed by atoms with E-state index in [-0.39, 0.29) is 18.9 Å². The average Bonchev–Trinajstić information content (AvgIpc) is 2.85. The molecule has 0 saturated carbocycles. The number of benzene rings is 3. The van der Waals surface area contributed by atoms with E-state index in [9.17, 15) is 13.2 Å². The lowest BCUT2D eigenvalue weighted by atomic mass is 10.0. The molecule has 180 valence electrons. The van der Waals surface area contributed by atoms with Gasteiger partial charge in [-0.05, 0) is 35.7 Å². The van der Waals surface area contributed by atoms with Gasteiger partial charge >= 0.3 is 0 Å². The zero-order valence-corrected chi connectivity index (χ0v) is 20.5. The molecule has 0 radical (unpaired) electrons. The molecule has 1 N–H and O–H groups in total. The van der Waals surface area contributed by atoms with Crippen molar-refractivity contribution in [2.75, 3.05) is 31.3 Å². The van der Waals surface area contributed by atoms with Crippen molar-refractivity contribution in [2.45, 2.75) is 19.4 Å². The number of methoxy groups -OCH3 is 2. The monoisotopic (exact) mass is 482 g/mol. The highest BCUT2D eigenvalue weighted by atomic mass is 32.2. The Balaban J connectivity index is 1.64. The molecule has 34 heavy (non-hydrogen) atoms. The second-order valence-electron chi connectivity index (χ2n) is 7.79. The fourth-order valence-electron chi connectivity index (χ4n) is 3.68. The lowest BCUT2D eigenvalue weighted by molar-refractivity contribution is -0.121. The number of carbonyl (C=O) groups is 1. The maximum absolute atomic E-state index is 12.6. The summed E-state index contributed by atoms with van der Waals surface area (Å²) in [5, 5.41) is 2.87. The third kappa shape index (κ3) is 6.51. The van der Waals surface area contributed by atoms with Crippen molar-refractivity contribution < 1.29 is 22.7 Å². The molecule has 3 rings (SSSR count). The Morgan fingerprint density at radius 3 is 2.26 bits per heavy atom. The molecule has 0 atom stereocenters. The van der Waals surface area contributed by atoms with Crippen LogP contribution in [0.25, 0.3) is 11.1 Å². The SMILES string of the molecule is COc1ccc(CNC(=O)CCCN(c2ccccc2-c2ccccc2)S(C)(=O)=O)cc1OC. The number of nitrogens with one attached hydrogen (secondary N) is 1. The van der Waals surface area contributed by atoms with Crippen LogP contribution in [0.1, 0.15) is 18.4 Å². The van der Waals surface area contributed by atoms with Crippen molar-refractivity contribution in [3.8, 4) is 22.6 Å². The first-order valence-corrected chi connectivity index (χ1v) is 12.8. The van der Waals surface area contributed by atoms with Gasteiger partial charge in [-0.1, -0.05) is 54.6 Å². The van der Waals surface area contributed by atoms with Crippen molar-refractivity contribution >= 4 is 21.6 Å². The summed E-state index contributed by atoms with van der Waals surface area (Å²) < 4.78 is 37.1. The molecule has 0 aliphatic heterocycles. The smallest absolute Gasteiger partial charge is 0.232 e. The molecule has 0 aliphatic rings. The van der Waals surface area contributed by atoms with Gasteiger partial charge in [0.1, 0.15) is 0 Å². The van der Waals surface area contributed by atoms with Gasteiger partial charge in [0.05, 0.1) is 26.2 Å². The van der Waals surface area contributed by atoms with Crippen LogP contribution >= 0.6 is 0 Å². The van der Waals surface area contributed by atoms with Crippen LogP contribution in [0.2, 0.25) is 0 Å². The van der Waals surface area contributed by atoms with Crippen LogP contribution in [0.4, 0.5) is 5.69 Å². The molecule has 0 heterocycles. The molecule has 0 bridgehead atoms. The number of rotatable bonds is 11. The molecule has 0 unspecified atom stereocenters. The van der Waals surface area contributed by atoms with Crippen LogP contribution in [0.3, 0.4) is 0 Å². The summed E-state index contributed by atoms with van der Waals surface area (Å²) in [6.45, 7) is 0.540. The van der Waals surface area contributed by atoms with Crippen molar-refractivity contribution in [1.29, 1.82) is 0 Å². The average molecular weight is 483 g/mol. The fourth-order valence-corrected chi connectivity index (χ4v) is 4.66. The van der Waals surface area contributed by atoms with E-state index >= 15 is 0 Å². The molecule has 0 aliphatic carbocycles. The first kappa shape index (κ1) is 25.1. The molecule has 0 spiro atoms. The molecule has 0 aromatic heterocycles. The van der Waals surface area contributed by atoms with Gasteiger partial charge in [-0.25, -0.2) is 8.42 Å². The molecule has 1 amide bonds. The van der Waals surface area contributed by atoms with Crippen LogP contribution in [-0.2, 0) is 21.4 Å². The minimum atomic E-state index is -3.54. The quantitative estimate of drug-likeness (QED) is 0.442. The predicted molar refractivity (Wildman–Crippen MR) is 135 cm³/mol. The highest BCUT2D eigenvalue weighted by Crippen LogP contribution is 2.32. The van der Waals surface area contributed by atoms with Gasteiger partial charge in [0.15, 0.2) is 11.5 Å². The molecule has 8 heteroatoms. The number of anilines is 1. The summed E-state index contributed by atoms with van der Waals surface area (Å²) >= 11 is 0. The topological polar surface area (TPSA) is 84.9 Å². The zero-order chi connectivity index (χ0) is 24.6. The molecular formula is C26H30N2O5S. The van der Waals surface area contributed by atoms with Crippen molar-refractivity contribution in [1.82, 2.24) is 5.32 Å². The van der Waals surface area contributed by atoms with Gasteiger partial charge in [0.2, 0.25) is 15.9 Å². The first-order chi connectivity index (χ1) is 16.3. The largest absolute Gasteiger partial charge is 0.493 e. The minimum Gasteiger partial charge on any atom is -0.493 e. The standard InChI is InChI=1S/C26H30N2O5S/c1-32-24-16-15-20(18-25(24)33-2)19-27-26(29)14-9-17-28(34(3,30)31)23-13-8-7-12-22(23)21-10-5-4-6-11-21/h4-8,10-13,15-16,18H,9,14,17,19H2,1-3H3,(H,27,29). The molecule has 3 aromatic rings. The molecule has 0 saturated heterocycles. The van der Waals surface area contributed by atoms with E-state index in [1.165, 1.54) is 10.6 Å². The van der Waals surface area contributed by atoms with Crippen molar-refractivity contribution in [2.24, 2.45) is 0 Å². The number of nitrogens with zero attached hydrogens (tertiary/aromatic N) is 1. The van der Waals surface area contributed by atoms with E-state index in [0.717, 1.165) is 16.7 Å². The number of carbonyl (C=O) groups excluding carboxylic acids is 1. The lowest BCUT2D eigenvalue weighted by Gasteiger charge is -2.25. The van der Waals surface area contributed by atoms with Crippen LogP contribution < -0.4 is 19.1 Å². The second-order valence-corrected chi connectivity index (χ2v) is 9.69. The Bertz CT molecular complexity index is 1210. The summed E-state index contributed by atoms with van der Waals surface area (Å²) in [6, 6.07) is 22.5. The maximum atomic E-state index is 12.6. The van der Waals surface area contributed by atoms with Gasteiger partial charge in [-0.3, -0.25) is 9.10 Å². The summed E-state index contributed by atoms with van der Waals surface area (Å²) in [6.07, 6.45) is 1.77. The fraction of sp³-hybridized carbons (Fsp3) is 0.269. The maximum Gasteiger partial charge on any atom is 0.232 e. The van der Waals surface area contributed by atoms with Crippen molar-refractivity contribution in [3.63, 3.8) is 0 Å². The van der Waals surface area contributed by atoms with Gasteiger partial charge in [-0.15, -0.1) is 0 Å². The predicted octanol–water partition coefficient (Wildman–Crippen LogP) is 4.23. The Morgan fingerprint density at radius 2 is 1.59 bits per heavy atom. The van der Waals surface area contributed by atoms with Gasteiger partial charge in [0, 0.05) is 25.1 Å². The van der Waals surface area contributed by atoms with Crippen molar-refractivity contribution in [3.05, 3.63) is 78.4 Å². The summed E-state index contributed by atoms with van der Waals surface area (Å²) in [7, 11) is -0.414. The summed E-state index contributed by atoms with van der Waals surface area (Å²) in [4.78, 5) is 12.4. The van der Waals surface area contributed by atoms with Gasteiger partial charge in [-0.2, -0.15) is 0 Å². The molecule has 3 aromatic carbocycles. The third-order valence-electron chi connectivity index (χ3n) is 5.36. The summed E-state index contributed by atoms with van der Waals surface area (Å²) in [5.74, 6) is 1.06. The minimum absolute atomic E-state index is 0.153. The normalized spacial score (nSPS) is 11.0. The van der Waals surface area contributed by atoms with Crippen LogP contribution in [0.5, 0.6) is 11.5 Å². The number of sulfonamides is 1. The second kappa shape index (κ2) is 11.6. The Labute approximate surface area is 201 Å². The highest BCUT2D eigenvalue weighted by molar-refractivity contribution is 7.92. The van der Waals surface area contributed by atoms with E-state index in [0.29, 0.717) is 30.2 Å². The third-order valence-corrected chi connectivity index (χ3v) is 6.54. The number of amides is 1. The molecule has 0 fully saturated rings. The van der Waals surface area contributed by atoms with E-state index < -0.39 is 10.0 Å². The Morgan fingerprint density at radius 1 is 0.912 bits per heavy atom. The highest BCUT2D eigenvalue weighted by Gasteiger charge is 2.21. The van der Waals surface area contributed by atoms with E-state index in [4.69, 9.17) is 9.47 Å². The van der Waals surface area contributed by atoms with Gasteiger partial charge in [0.25, 0.3) is 0 Å². The van der Waals surface area contributed by atoms with Crippen LogP contribution in [0, 0.1) is 0 Å². The number of hydrogen-bond acceptors (Lipinski definition) is 5. The Kier molecular flexibility index (Phi) is 8.54. The van der Waals surface area contributed by atoms with Crippen LogP contribution in [-0.4, -0.2) is 41.3 Å². The number of ether oxygens (including phenoxy) is 2.